The van der Waals surface area contributed by atoms with Crippen LogP contribution in [-0.2, 0) is 14.2 Å². The van der Waals surface area contributed by atoms with Crippen LogP contribution in [0.5, 0.6) is 0 Å². The third-order valence-electron chi connectivity index (χ3n) is 0.791. The molecule has 0 aromatic rings. The molecule has 0 fully saturated rings. The van der Waals surface area contributed by atoms with Gasteiger partial charge in [0.25, 0.3) is 6.29 Å². The summed E-state index contributed by atoms with van der Waals surface area (Å²) in [5.41, 5.74) is 0. The lowest BCUT2D eigenvalue weighted by molar-refractivity contribution is -0.0862. The van der Waals surface area contributed by atoms with Crippen LogP contribution >= 0.6 is 0 Å². The average Bonchev–Trinajstić information content (AvgIpc) is 1.84. The van der Waals surface area contributed by atoms with Gasteiger partial charge in [0.2, 0.25) is 0 Å². The maximum Gasteiger partial charge on any atom is 0.511 e. The maximum absolute atomic E-state index is 10.5. The molecular weight excluding hydrogens is 168 g/mol. The van der Waals surface area contributed by atoms with Crippen LogP contribution in [0.4, 0.5) is 9.59 Å². The number of carboxylic acid groups (broad SMARTS) is 1. The number of hydrogen-bond acceptors (Lipinski definition) is 5. The molecule has 6 nitrogen and oxygen atoms in total. The van der Waals surface area contributed by atoms with Crippen molar-refractivity contribution in [2.45, 2.75) is 20.1 Å². The van der Waals surface area contributed by atoms with Gasteiger partial charge in [-0.25, -0.2) is 9.59 Å². The molecule has 0 spiro atoms. The van der Waals surface area contributed by atoms with Gasteiger partial charge in [-0.2, -0.15) is 0 Å². The van der Waals surface area contributed by atoms with E-state index in [2.05, 4.69) is 14.2 Å². The molecule has 70 valence electrons. The average molecular weight is 178 g/mol. The normalized spacial score (nSPS) is 11.5. The quantitative estimate of drug-likeness (QED) is 0.516. The van der Waals surface area contributed by atoms with Gasteiger partial charge < -0.3 is 19.3 Å². The molecule has 1 atom stereocenters. The molecule has 0 saturated heterocycles. The first kappa shape index (κ1) is 10.5. The van der Waals surface area contributed by atoms with Crippen LogP contribution in [0.1, 0.15) is 13.8 Å². The second kappa shape index (κ2) is 5.22. The molecule has 0 rings (SSSR count). The third-order valence-corrected chi connectivity index (χ3v) is 0.791. The number of ether oxygens (including phenoxy) is 3. The molecule has 0 aliphatic heterocycles. The van der Waals surface area contributed by atoms with E-state index in [1.165, 1.54) is 6.92 Å². The van der Waals surface area contributed by atoms with Gasteiger partial charge in [-0.05, 0) is 6.92 Å². The first-order chi connectivity index (χ1) is 5.56. The molecule has 0 heterocycles. The van der Waals surface area contributed by atoms with Crippen molar-refractivity contribution in [3.63, 3.8) is 0 Å². The summed E-state index contributed by atoms with van der Waals surface area (Å²) in [6, 6.07) is 0. The highest BCUT2D eigenvalue weighted by Gasteiger charge is 2.12. The zero-order valence-corrected chi connectivity index (χ0v) is 6.77. The van der Waals surface area contributed by atoms with Gasteiger partial charge in [0.1, 0.15) is 0 Å². The summed E-state index contributed by atoms with van der Waals surface area (Å²) in [6.45, 7) is 3.04. The molecule has 6 heteroatoms. The Morgan fingerprint density at radius 2 is 2.00 bits per heavy atom. The Bertz CT molecular complexity index is 165. The predicted octanol–water partition coefficient (Wildman–Crippen LogP) is 1.20. The van der Waals surface area contributed by atoms with Gasteiger partial charge in [-0.3, -0.25) is 0 Å². The molecule has 1 N–H and O–H groups in total. The Balaban J connectivity index is 3.61. The summed E-state index contributed by atoms with van der Waals surface area (Å²) >= 11 is 0. The monoisotopic (exact) mass is 178 g/mol. The fourth-order valence-corrected chi connectivity index (χ4v) is 0.453. The number of carbonyl (C=O) groups is 2. The maximum atomic E-state index is 10.5. The number of hydrogen-bond donors (Lipinski definition) is 1. The van der Waals surface area contributed by atoms with E-state index in [4.69, 9.17) is 5.11 Å². The standard InChI is InChI=1S/C6H10O6/c1-3-10-6(9)12-4(2)11-5(7)8/h4H,3H2,1-2H3,(H,7,8). The van der Waals surface area contributed by atoms with E-state index in [1.807, 2.05) is 0 Å². The summed E-state index contributed by atoms with van der Waals surface area (Å²) in [5, 5.41) is 8.07. The van der Waals surface area contributed by atoms with Crippen molar-refractivity contribution in [3.8, 4) is 0 Å². The SMILES string of the molecule is CCOC(=O)OC(C)OC(=O)O. The molecule has 0 saturated carbocycles. The molecule has 12 heavy (non-hydrogen) atoms. The molecule has 0 amide bonds. The Morgan fingerprint density at radius 1 is 1.42 bits per heavy atom. The van der Waals surface area contributed by atoms with Gasteiger partial charge in [0, 0.05) is 6.92 Å². The van der Waals surface area contributed by atoms with Crippen LogP contribution in [0, 0.1) is 0 Å². The molecule has 0 aromatic carbocycles. The summed E-state index contributed by atoms with van der Waals surface area (Å²) in [5.74, 6) is 0. The second-order valence-electron chi connectivity index (χ2n) is 1.75. The summed E-state index contributed by atoms with van der Waals surface area (Å²) in [6.07, 6.45) is -3.61. The van der Waals surface area contributed by atoms with Crippen molar-refractivity contribution in [2.75, 3.05) is 6.61 Å². The molecule has 0 aliphatic rings. The van der Waals surface area contributed by atoms with Crippen molar-refractivity contribution in [1.82, 2.24) is 0 Å². The van der Waals surface area contributed by atoms with E-state index >= 15 is 0 Å². The number of rotatable bonds is 3. The van der Waals surface area contributed by atoms with E-state index in [1.54, 1.807) is 6.92 Å². The Labute approximate surface area is 69.0 Å². The summed E-state index contributed by atoms with van der Waals surface area (Å²) < 4.78 is 12.8. The summed E-state index contributed by atoms with van der Waals surface area (Å²) in [7, 11) is 0. The molecule has 0 radical (unpaired) electrons. The van der Waals surface area contributed by atoms with Crippen molar-refractivity contribution in [1.29, 1.82) is 0 Å². The van der Waals surface area contributed by atoms with Crippen LogP contribution in [0.3, 0.4) is 0 Å². The second-order valence-corrected chi connectivity index (χ2v) is 1.75. The van der Waals surface area contributed by atoms with E-state index in [-0.39, 0.29) is 6.61 Å². The number of carbonyl (C=O) groups excluding carboxylic acids is 1. The minimum atomic E-state index is -1.51. The zero-order chi connectivity index (χ0) is 9.56. The topological polar surface area (TPSA) is 82.1 Å². The molecule has 0 aliphatic carbocycles. The third kappa shape index (κ3) is 5.33. The lowest BCUT2D eigenvalue weighted by Crippen LogP contribution is -2.21. The van der Waals surface area contributed by atoms with Gasteiger partial charge in [-0.15, -0.1) is 0 Å². The highest BCUT2D eigenvalue weighted by molar-refractivity contribution is 5.61. The molecule has 0 aromatic heterocycles. The van der Waals surface area contributed by atoms with E-state index < -0.39 is 18.6 Å². The first-order valence-electron chi connectivity index (χ1n) is 3.29. The predicted molar refractivity (Wildman–Crippen MR) is 36.7 cm³/mol. The zero-order valence-electron chi connectivity index (χ0n) is 6.77. The van der Waals surface area contributed by atoms with E-state index in [0.29, 0.717) is 0 Å². The highest BCUT2D eigenvalue weighted by Crippen LogP contribution is 1.96. The fraction of sp³-hybridized carbons (Fsp3) is 0.667. The van der Waals surface area contributed by atoms with Gasteiger partial charge >= 0.3 is 12.3 Å². The Hall–Kier alpha value is -1.46. The van der Waals surface area contributed by atoms with Crippen LogP contribution < -0.4 is 0 Å². The minimum absolute atomic E-state index is 0.165. The van der Waals surface area contributed by atoms with Crippen LogP contribution in [-0.4, -0.2) is 30.3 Å². The minimum Gasteiger partial charge on any atom is -0.450 e. The van der Waals surface area contributed by atoms with Crippen LogP contribution in [0.15, 0.2) is 0 Å². The summed E-state index contributed by atoms with van der Waals surface area (Å²) in [4.78, 5) is 20.4. The van der Waals surface area contributed by atoms with Crippen LogP contribution in [0.2, 0.25) is 0 Å². The van der Waals surface area contributed by atoms with Crippen molar-refractivity contribution in [3.05, 3.63) is 0 Å². The fourth-order valence-electron chi connectivity index (χ4n) is 0.453. The van der Waals surface area contributed by atoms with Crippen molar-refractivity contribution in [2.24, 2.45) is 0 Å². The molecular formula is C6H10O6. The molecule has 1 unspecified atom stereocenters. The van der Waals surface area contributed by atoms with Crippen LogP contribution in [0.25, 0.3) is 0 Å². The smallest absolute Gasteiger partial charge is 0.450 e. The van der Waals surface area contributed by atoms with Crippen molar-refractivity contribution >= 4 is 12.3 Å². The van der Waals surface area contributed by atoms with E-state index in [9.17, 15) is 9.59 Å². The van der Waals surface area contributed by atoms with Gasteiger partial charge in [0.15, 0.2) is 0 Å². The van der Waals surface area contributed by atoms with E-state index in [0.717, 1.165) is 0 Å². The highest BCUT2D eigenvalue weighted by atomic mass is 16.8. The van der Waals surface area contributed by atoms with Gasteiger partial charge in [-0.1, -0.05) is 0 Å². The molecule has 0 bridgehead atoms. The van der Waals surface area contributed by atoms with Crippen molar-refractivity contribution < 1.29 is 28.9 Å². The Kier molecular flexibility index (Phi) is 4.59. The lowest BCUT2D eigenvalue weighted by atomic mass is 10.7. The Morgan fingerprint density at radius 3 is 2.42 bits per heavy atom. The largest absolute Gasteiger partial charge is 0.511 e. The first-order valence-corrected chi connectivity index (χ1v) is 3.29. The van der Waals surface area contributed by atoms with Gasteiger partial charge in [0.05, 0.1) is 6.61 Å². The lowest BCUT2D eigenvalue weighted by Gasteiger charge is -2.10.